The first-order chi connectivity index (χ1) is 8.66. The lowest BCUT2D eigenvalue weighted by Gasteiger charge is -2.47. The van der Waals surface area contributed by atoms with Crippen molar-refractivity contribution in [1.82, 2.24) is 15.2 Å². The lowest BCUT2D eigenvalue weighted by atomic mass is 9.75. The van der Waals surface area contributed by atoms with Gasteiger partial charge in [-0.3, -0.25) is 0 Å². The van der Waals surface area contributed by atoms with Gasteiger partial charge in [-0.25, -0.2) is 4.98 Å². The van der Waals surface area contributed by atoms with Crippen molar-refractivity contribution in [1.29, 1.82) is 0 Å². The summed E-state index contributed by atoms with van der Waals surface area (Å²) in [5, 5.41) is 3.52. The maximum Gasteiger partial charge on any atom is 0.213 e. The van der Waals surface area contributed by atoms with Crippen molar-refractivity contribution in [3.63, 3.8) is 0 Å². The largest absolute Gasteiger partial charge is 0.481 e. The Hall–Kier alpha value is -1.13. The van der Waals surface area contributed by atoms with E-state index < -0.39 is 0 Å². The molecule has 1 N–H and O–H groups in total. The predicted molar refractivity (Wildman–Crippen MR) is 72.8 cm³/mol. The van der Waals surface area contributed by atoms with Gasteiger partial charge in [-0.2, -0.15) is 0 Å². The highest BCUT2D eigenvalue weighted by Gasteiger charge is 2.38. The minimum absolute atomic E-state index is 0.360. The first kappa shape index (κ1) is 13.3. The van der Waals surface area contributed by atoms with Gasteiger partial charge in [-0.1, -0.05) is 6.07 Å². The van der Waals surface area contributed by atoms with E-state index in [9.17, 15) is 0 Å². The minimum atomic E-state index is 0.360. The van der Waals surface area contributed by atoms with Crippen LogP contribution in [-0.4, -0.2) is 43.2 Å². The van der Waals surface area contributed by atoms with Gasteiger partial charge in [0.15, 0.2) is 0 Å². The molecule has 4 nitrogen and oxygen atoms in total. The summed E-state index contributed by atoms with van der Waals surface area (Å²) in [6.45, 7) is 1.83. The third-order valence-corrected chi connectivity index (χ3v) is 3.98. The van der Waals surface area contributed by atoms with Gasteiger partial charge in [0.05, 0.1) is 12.8 Å². The Morgan fingerprint density at radius 2 is 2.17 bits per heavy atom. The van der Waals surface area contributed by atoms with Gasteiger partial charge in [0.25, 0.3) is 0 Å². The molecule has 0 aromatic carbocycles. The van der Waals surface area contributed by atoms with E-state index in [0.717, 1.165) is 18.8 Å². The zero-order valence-corrected chi connectivity index (χ0v) is 11.6. The molecule has 100 valence electrons. The summed E-state index contributed by atoms with van der Waals surface area (Å²) >= 11 is 0. The van der Waals surface area contributed by atoms with Crippen LogP contribution in [0.1, 0.15) is 25.0 Å². The average Bonchev–Trinajstić information content (AvgIpc) is 2.32. The third kappa shape index (κ3) is 2.82. The summed E-state index contributed by atoms with van der Waals surface area (Å²) in [5.41, 5.74) is 1.39. The second-order valence-corrected chi connectivity index (χ2v) is 5.25. The normalized spacial score (nSPS) is 17.6. The highest BCUT2D eigenvalue weighted by atomic mass is 16.5. The summed E-state index contributed by atoms with van der Waals surface area (Å²) in [5.74, 6) is 0.681. The molecule has 0 amide bonds. The molecule has 0 aliphatic heterocycles. The molecule has 0 radical (unpaired) electrons. The van der Waals surface area contributed by atoms with Gasteiger partial charge in [-0.05, 0) is 39.4 Å². The first-order valence-electron chi connectivity index (χ1n) is 6.54. The van der Waals surface area contributed by atoms with E-state index in [1.807, 2.05) is 18.2 Å². The minimum Gasteiger partial charge on any atom is -0.481 e. The number of hydrogen-bond acceptors (Lipinski definition) is 4. The molecular formula is C14H23N3O. The SMILES string of the molecule is COc1cccc(CNCC2(N(C)C)CCC2)n1. The number of nitrogens with zero attached hydrogens (tertiary/aromatic N) is 2. The Labute approximate surface area is 109 Å². The monoisotopic (exact) mass is 249 g/mol. The molecule has 1 aliphatic carbocycles. The summed E-state index contributed by atoms with van der Waals surface area (Å²) in [4.78, 5) is 6.75. The Balaban J connectivity index is 1.84. The number of ether oxygens (including phenoxy) is 1. The van der Waals surface area contributed by atoms with Crippen molar-refractivity contribution in [2.75, 3.05) is 27.7 Å². The molecule has 1 fully saturated rings. The fourth-order valence-electron chi connectivity index (χ4n) is 2.46. The number of hydrogen-bond donors (Lipinski definition) is 1. The van der Waals surface area contributed by atoms with Crippen LogP contribution in [0.25, 0.3) is 0 Å². The Morgan fingerprint density at radius 3 is 2.72 bits per heavy atom. The van der Waals surface area contributed by atoms with Crippen molar-refractivity contribution < 1.29 is 4.74 Å². The van der Waals surface area contributed by atoms with Crippen LogP contribution in [0.2, 0.25) is 0 Å². The highest BCUT2D eigenvalue weighted by molar-refractivity contribution is 5.15. The Morgan fingerprint density at radius 1 is 1.39 bits per heavy atom. The van der Waals surface area contributed by atoms with Gasteiger partial charge in [0, 0.05) is 24.7 Å². The number of aromatic nitrogens is 1. The fraction of sp³-hybridized carbons (Fsp3) is 0.643. The van der Waals surface area contributed by atoms with E-state index in [-0.39, 0.29) is 0 Å². The van der Waals surface area contributed by atoms with Crippen molar-refractivity contribution in [2.45, 2.75) is 31.3 Å². The summed E-state index contributed by atoms with van der Waals surface area (Å²) in [7, 11) is 5.99. The molecule has 1 aliphatic rings. The van der Waals surface area contributed by atoms with Gasteiger partial charge in [-0.15, -0.1) is 0 Å². The van der Waals surface area contributed by atoms with Crippen LogP contribution in [0.4, 0.5) is 0 Å². The zero-order chi connectivity index (χ0) is 13.0. The van der Waals surface area contributed by atoms with Crippen molar-refractivity contribution in [3.8, 4) is 5.88 Å². The van der Waals surface area contributed by atoms with E-state index in [0.29, 0.717) is 11.4 Å². The standard InChI is InChI=1S/C14H23N3O/c1-17(2)14(8-5-9-14)11-15-10-12-6-4-7-13(16-12)18-3/h4,6-7,15H,5,8-11H2,1-3H3. The van der Waals surface area contributed by atoms with Gasteiger partial charge in [0.1, 0.15) is 0 Å². The summed E-state index contributed by atoms with van der Waals surface area (Å²) in [6.07, 6.45) is 3.92. The molecule has 1 saturated carbocycles. The molecule has 2 rings (SSSR count). The molecule has 0 saturated heterocycles. The zero-order valence-electron chi connectivity index (χ0n) is 11.6. The highest BCUT2D eigenvalue weighted by Crippen LogP contribution is 2.35. The van der Waals surface area contributed by atoms with Crippen LogP contribution < -0.4 is 10.1 Å². The second kappa shape index (κ2) is 5.67. The van der Waals surface area contributed by atoms with Crippen LogP contribution in [0.3, 0.4) is 0 Å². The molecule has 0 atom stereocenters. The van der Waals surface area contributed by atoms with Crippen molar-refractivity contribution in [3.05, 3.63) is 23.9 Å². The van der Waals surface area contributed by atoms with Crippen LogP contribution in [0.5, 0.6) is 5.88 Å². The molecular weight excluding hydrogens is 226 g/mol. The van der Waals surface area contributed by atoms with Gasteiger partial charge in [0.2, 0.25) is 5.88 Å². The number of rotatable bonds is 6. The molecule has 0 bridgehead atoms. The Bertz CT molecular complexity index is 388. The second-order valence-electron chi connectivity index (χ2n) is 5.25. The van der Waals surface area contributed by atoms with Crippen LogP contribution in [0, 0.1) is 0 Å². The molecule has 18 heavy (non-hydrogen) atoms. The first-order valence-corrected chi connectivity index (χ1v) is 6.54. The lowest BCUT2D eigenvalue weighted by molar-refractivity contribution is 0.0597. The summed E-state index contributed by atoms with van der Waals surface area (Å²) in [6, 6.07) is 5.88. The summed E-state index contributed by atoms with van der Waals surface area (Å²) < 4.78 is 5.13. The van der Waals surface area contributed by atoms with Crippen LogP contribution in [0.15, 0.2) is 18.2 Å². The maximum absolute atomic E-state index is 5.13. The Kier molecular flexibility index (Phi) is 4.19. The molecule has 0 spiro atoms. The lowest BCUT2D eigenvalue weighted by Crippen LogP contribution is -2.56. The number of methoxy groups -OCH3 is 1. The molecule has 1 aromatic rings. The number of likely N-dealkylation sites (N-methyl/N-ethyl adjacent to an activating group) is 1. The molecule has 1 heterocycles. The topological polar surface area (TPSA) is 37.4 Å². The van der Waals surface area contributed by atoms with Gasteiger partial charge < -0.3 is 15.0 Å². The van der Waals surface area contributed by atoms with Crippen molar-refractivity contribution in [2.24, 2.45) is 0 Å². The van der Waals surface area contributed by atoms with Crippen molar-refractivity contribution >= 4 is 0 Å². The average molecular weight is 249 g/mol. The fourth-order valence-corrected chi connectivity index (χ4v) is 2.46. The van der Waals surface area contributed by atoms with E-state index in [4.69, 9.17) is 4.74 Å². The number of nitrogens with one attached hydrogen (secondary N) is 1. The van der Waals surface area contributed by atoms with Crippen LogP contribution in [-0.2, 0) is 6.54 Å². The predicted octanol–water partition coefficient (Wildman–Crippen LogP) is 1.66. The van der Waals surface area contributed by atoms with E-state index in [2.05, 4.69) is 29.3 Å². The third-order valence-electron chi connectivity index (χ3n) is 3.98. The molecule has 0 unspecified atom stereocenters. The quantitative estimate of drug-likeness (QED) is 0.832. The number of pyridine rings is 1. The smallest absolute Gasteiger partial charge is 0.213 e. The maximum atomic E-state index is 5.13. The van der Waals surface area contributed by atoms with E-state index in [1.165, 1.54) is 19.3 Å². The van der Waals surface area contributed by atoms with E-state index >= 15 is 0 Å². The molecule has 1 aromatic heterocycles. The van der Waals surface area contributed by atoms with Gasteiger partial charge >= 0.3 is 0 Å². The van der Waals surface area contributed by atoms with Crippen LogP contribution >= 0.6 is 0 Å². The van der Waals surface area contributed by atoms with E-state index in [1.54, 1.807) is 7.11 Å². The molecule has 4 heteroatoms.